The first-order valence-corrected chi connectivity index (χ1v) is 12.6. The van der Waals surface area contributed by atoms with Gasteiger partial charge in [-0.05, 0) is 73.9 Å². The number of carbonyl (C=O) groups is 2. The molecule has 2 amide bonds. The number of nitrogens with zero attached hydrogens (tertiary/aromatic N) is 2. The van der Waals surface area contributed by atoms with Crippen LogP contribution in [0.15, 0.2) is 72.8 Å². The number of phenolic OH excluding ortho intramolecular Hbond substituents is 1. The smallest absolute Gasteiger partial charge is 0.342 e. The van der Waals surface area contributed by atoms with Gasteiger partial charge in [0.05, 0.1) is 11.4 Å². The van der Waals surface area contributed by atoms with Crippen LogP contribution in [-0.2, 0) is 6.54 Å². The summed E-state index contributed by atoms with van der Waals surface area (Å²) in [6.45, 7) is 2.40. The van der Waals surface area contributed by atoms with Gasteiger partial charge in [-0.1, -0.05) is 47.9 Å². The molecule has 188 valence electrons. The zero-order chi connectivity index (χ0) is 25.9. The second-order valence-corrected chi connectivity index (χ2v) is 9.77. The maximum Gasteiger partial charge on any atom is 0.342 e. The Morgan fingerprint density at radius 2 is 1.76 bits per heavy atom. The highest BCUT2D eigenvalue weighted by molar-refractivity contribution is 6.30. The summed E-state index contributed by atoms with van der Waals surface area (Å²) >= 11 is 5.92. The molecule has 7 nitrogen and oxygen atoms in total. The van der Waals surface area contributed by atoms with Gasteiger partial charge in [-0.3, -0.25) is 4.79 Å². The second kappa shape index (κ2) is 10.5. The molecule has 1 aromatic heterocycles. The van der Waals surface area contributed by atoms with E-state index in [1.165, 1.54) is 10.7 Å². The number of nitrogens with one attached hydrogen (secondary N) is 2. The molecule has 4 aromatic rings. The highest BCUT2D eigenvalue weighted by atomic mass is 35.5. The van der Waals surface area contributed by atoms with Crippen LogP contribution in [0, 0.1) is 6.92 Å². The van der Waals surface area contributed by atoms with Crippen LogP contribution in [0.5, 0.6) is 5.75 Å². The van der Waals surface area contributed by atoms with E-state index in [4.69, 9.17) is 11.6 Å². The minimum atomic E-state index is -0.319. The maximum atomic E-state index is 13.1. The molecule has 0 radical (unpaired) electrons. The molecule has 0 bridgehead atoms. The number of benzene rings is 3. The fourth-order valence-corrected chi connectivity index (χ4v) is 4.39. The summed E-state index contributed by atoms with van der Waals surface area (Å²) in [5, 5.41) is 21.5. The molecule has 1 fully saturated rings. The van der Waals surface area contributed by atoms with Crippen molar-refractivity contribution in [2.24, 2.45) is 0 Å². The number of halogens is 1. The number of amides is 2. The number of phenols is 1. The van der Waals surface area contributed by atoms with Crippen LogP contribution in [0.1, 0.15) is 52.4 Å². The van der Waals surface area contributed by atoms with Crippen molar-refractivity contribution in [3.8, 4) is 17.0 Å². The summed E-state index contributed by atoms with van der Waals surface area (Å²) in [6.07, 6.45) is 3.08. The largest absolute Gasteiger partial charge is 0.507 e. The third-order valence-corrected chi connectivity index (χ3v) is 6.91. The zero-order valence-electron chi connectivity index (χ0n) is 20.4. The Hall–Kier alpha value is -4.10. The first-order chi connectivity index (χ1) is 17.9. The first kappa shape index (κ1) is 24.6. The van der Waals surface area contributed by atoms with Crippen molar-refractivity contribution in [2.45, 2.75) is 38.6 Å². The minimum Gasteiger partial charge on any atom is -0.507 e. The highest BCUT2D eigenvalue weighted by Crippen LogP contribution is 2.39. The summed E-state index contributed by atoms with van der Waals surface area (Å²) in [5.41, 5.74) is 4.82. The Balaban J connectivity index is 1.39. The number of rotatable bonds is 6. The zero-order valence-corrected chi connectivity index (χ0v) is 21.1. The molecule has 8 heteroatoms. The molecule has 5 rings (SSSR count). The van der Waals surface area contributed by atoms with Gasteiger partial charge in [-0.2, -0.15) is 9.78 Å². The lowest BCUT2D eigenvalue weighted by Gasteiger charge is -2.25. The van der Waals surface area contributed by atoms with Crippen LogP contribution in [0.25, 0.3) is 11.3 Å². The topological polar surface area (TPSA) is 96.3 Å². The molecule has 37 heavy (non-hydrogen) atoms. The van der Waals surface area contributed by atoms with Gasteiger partial charge in [0.1, 0.15) is 5.75 Å². The van der Waals surface area contributed by atoms with Gasteiger partial charge >= 0.3 is 6.03 Å². The summed E-state index contributed by atoms with van der Waals surface area (Å²) in [6, 6.07) is 20.9. The third kappa shape index (κ3) is 5.52. The van der Waals surface area contributed by atoms with E-state index in [1.54, 1.807) is 36.4 Å². The number of hydrogen-bond donors (Lipinski definition) is 3. The Morgan fingerprint density at radius 3 is 2.43 bits per heavy atom. The Labute approximate surface area is 220 Å². The standard InChI is InChI=1S/C29H27ClN4O3/c1-18-5-7-19(8-6-18)17-31-29(37)34-26(20-3-2-4-20)16-25(33-34)24-15-23(13-14-27(24)35)32-28(36)21-9-11-22(30)12-10-21/h5-16,20,35H,2-4,17H2,1H3,(H,31,37)(H,32,36). The van der Waals surface area contributed by atoms with Gasteiger partial charge in [-0.15, -0.1) is 0 Å². The van der Waals surface area contributed by atoms with E-state index in [1.807, 2.05) is 37.3 Å². The highest BCUT2D eigenvalue weighted by Gasteiger charge is 2.27. The van der Waals surface area contributed by atoms with Crippen molar-refractivity contribution < 1.29 is 14.7 Å². The molecule has 0 spiro atoms. The van der Waals surface area contributed by atoms with Crippen LogP contribution >= 0.6 is 11.6 Å². The van der Waals surface area contributed by atoms with Crippen LogP contribution in [0.3, 0.4) is 0 Å². The fraction of sp³-hybridized carbons (Fsp3) is 0.207. The summed E-state index contributed by atoms with van der Waals surface area (Å²) in [4.78, 5) is 25.8. The first-order valence-electron chi connectivity index (χ1n) is 12.2. The predicted octanol–water partition coefficient (Wildman–Crippen LogP) is 6.50. The molecule has 1 aliphatic carbocycles. The fourth-order valence-electron chi connectivity index (χ4n) is 4.27. The molecule has 1 heterocycles. The van der Waals surface area contributed by atoms with Crippen molar-refractivity contribution in [2.75, 3.05) is 5.32 Å². The van der Waals surface area contributed by atoms with Gasteiger partial charge in [0.15, 0.2) is 0 Å². The van der Waals surface area contributed by atoms with Gasteiger partial charge in [0.2, 0.25) is 0 Å². The lowest BCUT2D eigenvalue weighted by atomic mass is 9.82. The Kier molecular flexibility index (Phi) is 6.97. The number of anilines is 1. The molecule has 3 aromatic carbocycles. The monoisotopic (exact) mass is 514 g/mol. The number of aromatic nitrogens is 2. The number of carbonyl (C=O) groups excluding carboxylic acids is 2. The lowest BCUT2D eigenvalue weighted by Crippen LogP contribution is -2.31. The molecule has 1 saturated carbocycles. The van der Waals surface area contributed by atoms with Gasteiger partial charge in [0, 0.05) is 34.3 Å². The van der Waals surface area contributed by atoms with Crippen molar-refractivity contribution >= 4 is 29.2 Å². The average Bonchev–Trinajstić information content (AvgIpc) is 3.28. The molecule has 0 atom stereocenters. The normalized spacial score (nSPS) is 13.1. The number of aromatic hydroxyl groups is 1. The van der Waals surface area contributed by atoms with Gasteiger partial charge in [-0.25, -0.2) is 4.79 Å². The summed E-state index contributed by atoms with van der Waals surface area (Å²) in [7, 11) is 0. The van der Waals surface area contributed by atoms with Crippen LogP contribution < -0.4 is 10.6 Å². The number of hydrogen-bond acceptors (Lipinski definition) is 4. The Bertz CT molecular complexity index is 1440. The van der Waals surface area contributed by atoms with E-state index >= 15 is 0 Å². The predicted molar refractivity (Wildman–Crippen MR) is 144 cm³/mol. The van der Waals surface area contributed by atoms with Gasteiger partial charge in [0.25, 0.3) is 5.91 Å². The molecule has 1 aliphatic rings. The van der Waals surface area contributed by atoms with E-state index in [9.17, 15) is 14.7 Å². The molecule has 0 saturated heterocycles. The minimum absolute atomic E-state index is 0.00867. The summed E-state index contributed by atoms with van der Waals surface area (Å²) < 4.78 is 1.41. The molecular weight excluding hydrogens is 488 g/mol. The second-order valence-electron chi connectivity index (χ2n) is 9.33. The lowest BCUT2D eigenvalue weighted by molar-refractivity contribution is 0.102. The van der Waals surface area contributed by atoms with E-state index < -0.39 is 0 Å². The van der Waals surface area contributed by atoms with Crippen LogP contribution in [0.2, 0.25) is 5.02 Å². The average molecular weight is 515 g/mol. The van der Waals surface area contributed by atoms with Gasteiger partial charge < -0.3 is 15.7 Å². The van der Waals surface area contributed by atoms with E-state index in [0.29, 0.717) is 34.1 Å². The third-order valence-electron chi connectivity index (χ3n) is 6.65. The van der Waals surface area contributed by atoms with Crippen molar-refractivity contribution in [3.05, 3.63) is 100 Å². The molecule has 0 aliphatic heterocycles. The quantitative estimate of drug-likeness (QED) is 0.256. The summed E-state index contributed by atoms with van der Waals surface area (Å²) in [5.74, 6) is -0.0554. The van der Waals surface area contributed by atoms with Crippen LogP contribution in [-0.4, -0.2) is 26.8 Å². The van der Waals surface area contributed by atoms with Crippen molar-refractivity contribution in [1.82, 2.24) is 15.1 Å². The van der Waals surface area contributed by atoms with Crippen molar-refractivity contribution in [3.63, 3.8) is 0 Å². The van der Waals surface area contributed by atoms with Crippen LogP contribution in [0.4, 0.5) is 10.5 Å². The molecule has 3 N–H and O–H groups in total. The van der Waals surface area contributed by atoms with E-state index in [2.05, 4.69) is 15.7 Å². The maximum absolute atomic E-state index is 13.1. The van der Waals surface area contributed by atoms with E-state index in [-0.39, 0.29) is 23.6 Å². The van der Waals surface area contributed by atoms with E-state index in [0.717, 1.165) is 36.1 Å². The molecule has 0 unspecified atom stereocenters. The molecular formula is C29H27ClN4O3. The Morgan fingerprint density at radius 1 is 1.03 bits per heavy atom. The number of aryl methyl sites for hydroxylation is 1. The van der Waals surface area contributed by atoms with Crippen molar-refractivity contribution in [1.29, 1.82) is 0 Å². The SMILES string of the molecule is Cc1ccc(CNC(=O)n2nc(-c3cc(NC(=O)c4ccc(Cl)cc4)ccc3O)cc2C2CCC2)cc1.